The van der Waals surface area contributed by atoms with Crippen molar-refractivity contribution in [1.82, 2.24) is 4.98 Å². The summed E-state index contributed by atoms with van der Waals surface area (Å²) in [5.74, 6) is 0. The second-order valence-corrected chi connectivity index (χ2v) is 7.73. The number of anilines is 1. The van der Waals surface area contributed by atoms with Crippen LogP contribution in [-0.2, 0) is 6.42 Å². The van der Waals surface area contributed by atoms with Crippen molar-refractivity contribution in [3.8, 4) is 0 Å². The third-order valence-electron chi connectivity index (χ3n) is 3.02. The zero-order valence-electron chi connectivity index (χ0n) is 11.3. The van der Waals surface area contributed by atoms with Crippen LogP contribution in [0.4, 0.5) is 5.13 Å². The number of nitrogens with one attached hydrogen (secondary N) is 1. The second kappa shape index (κ2) is 5.72. The summed E-state index contributed by atoms with van der Waals surface area (Å²) in [5, 5.41) is 5.20. The van der Waals surface area contributed by atoms with Crippen molar-refractivity contribution in [2.45, 2.75) is 26.3 Å². The van der Waals surface area contributed by atoms with Crippen molar-refractivity contribution in [1.29, 1.82) is 0 Å². The monoisotopic (exact) mass is 322 g/mol. The van der Waals surface area contributed by atoms with Crippen molar-refractivity contribution in [3.63, 3.8) is 0 Å². The molecule has 2 heterocycles. The van der Waals surface area contributed by atoms with E-state index in [4.69, 9.17) is 11.6 Å². The van der Waals surface area contributed by atoms with Gasteiger partial charge >= 0.3 is 0 Å². The van der Waals surface area contributed by atoms with Crippen LogP contribution in [0.1, 0.15) is 16.7 Å². The average molecular weight is 323 g/mol. The molecular weight excluding hydrogens is 308 g/mol. The van der Waals surface area contributed by atoms with Crippen LogP contribution >= 0.6 is 34.3 Å². The molecule has 1 aromatic carbocycles. The summed E-state index contributed by atoms with van der Waals surface area (Å²) < 4.78 is 1.12. The number of aryl methyl sites for hydroxylation is 1. The van der Waals surface area contributed by atoms with Gasteiger partial charge in [-0.3, -0.25) is 0 Å². The molecule has 104 valence electrons. The van der Waals surface area contributed by atoms with Crippen molar-refractivity contribution < 1.29 is 0 Å². The fourth-order valence-corrected chi connectivity index (χ4v) is 4.39. The molecule has 2 nitrogen and oxygen atoms in total. The molecule has 0 aliphatic heterocycles. The molecule has 0 aliphatic carbocycles. The molecule has 0 saturated heterocycles. The maximum atomic E-state index is 6.00. The average Bonchev–Trinajstić information content (AvgIpc) is 2.94. The number of thiazole rings is 1. The summed E-state index contributed by atoms with van der Waals surface area (Å²) in [7, 11) is 0. The third kappa shape index (κ3) is 3.14. The first-order valence-corrected chi connectivity index (χ1v) is 8.49. The largest absolute Gasteiger partial charge is 0.359 e. The number of hydrogen-bond acceptors (Lipinski definition) is 4. The molecule has 3 aromatic rings. The van der Waals surface area contributed by atoms with Gasteiger partial charge in [0.05, 0.1) is 10.2 Å². The molecule has 3 rings (SSSR count). The van der Waals surface area contributed by atoms with Crippen molar-refractivity contribution >= 4 is 49.6 Å². The number of fused-ring (bicyclic) bond motifs is 1. The fraction of sp³-hybridized carbons (Fsp3) is 0.267. The summed E-state index contributed by atoms with van der Waals surface area (Å²) in [6.07, 6.45) is 1.02. The molecule has 0 spiro atoms. The predicted molar refractivity (Wildman–Crippen MR) is 90.5 cm³/mol. The lowest BCUT2D eigenvalue weighted by molar-refractivity contribution is 0.799. The highest BCUT2D eigenvalue weighted by atomic mass is 35.5. The van der Waals surface area contributed by atoms with Crippen LogP contribution in [0, 0.1) is 6.92 Å². The van der Waals surface area contributed by atoms with Gasteiger partial charge in [-0.1, -0.05) is 22.9 Å². The number of benzene rings is 1. The van der Waals surface area contributed by atoms with Crippen molar-refractivity contribution in [2.75, 3.05) is 5.32 Å². The Morgan fingerprint density at radius 2 is 2.10 bits per heavy atom. The van der Waals surface area contributed by atoms with Gasteiger partial charge in [-0.15, -0.1) is 11.3 Å². The highest BCUT2D eigenvalue weighted by Crippen LogP contribution is 2.29. The lowest BCUT2D eigenvalue weighted by Crippen LogP contribution is -2.17. The van der Waals surface area contributed by atoms with Gasteiger partial charge in [0.25, 0.3) is 0 Å². The van der Waals surface area contributed by atoms with E-state index in [2.05, 4.69) is 36.3 Å². The van der Waals surface area contributed by atoms with Gasteiger partial charge in [-0.05, 0) is 44.2 Å². The topological polar surface area (TPSA) is 24.9 Å². The molecule has 0 aliphatic rings. The van der Waals surface area contributed by atoms with Gasteiger partial charge < -0.3 is 5.32 Å². The number of halogens is 1. The molecule has 0 radical (unpaired) electrons. The van der Waals surface area contributed by atoms with Crippen LogP contribution in [0.3, 0.4) is 0 Å². The fourth-order valence-electron chi connectivity index (χ4n) is 2.12. The van der Waals surface area contributed by atoms with Gasteiger partial charge in [-0.2, -0.15) is 0 Å². The molecule has 0 fully saturated rings. The first kappa shape index (κ1) is 13.9. The first-order chi connectivity index (χ1) is 9.60. The number of thiophene rings is 1. The van der Waals surface area contributed by atoms with Gasteiger partial charge in [0.15, 0.2) is 5.13 Å². The van der Waals surface area contributed by atoms with E-state index in [1.54, 1.807) is 11.3 Å². The highest BCUT2D eigenvalue weighted by Gasteiger charge is 2.09. The number of hydrogen-bond donors (Lipinski definition) is 1. The lowest BCUT2D eigenvalue weighted by Gasteiger charge is -2.11. The van der Waals surface area contributed by atoms with E-state index in [1.807, 2.05) is 29.5 Å². The third-order valence-corrected chi connectivity index (χ3v) is 5.23. The standard InChI is InChI=1S/C15H15ClN2S2/c1-9(7-12-5-3-10(2)19-12)17-15-18-13-6-4-11(16)8-14(13)20-15/h3-6,8-9H,7H2,1-2H3,(H,17,18). The first-order valence-electron chi connectivity index (χ1n) is 6.48. The minimum atomic E-state index is 0.365. The van der Waals surface area contributed by atoms with Gasteiger partial charge in [-0.25, -0.2) is 4.98 Å². The minimum Gasteiger partial charge on any atom is -0.359 e. The Hall–Kier alpha value is -1.10. The molecule has 1 unspecified atom stereocenters. The summed E-state index contributed by atoms with van der Waals surface area (Å²) in [4.78, 5) is 7.36. The summed E-state index contributed by atoms with van der Waals surface area (Å²) >= 11 is 9.51. The highest BCUT2D eigenvalue weighted by molar-refractivity contribution is 7.22. The zero-order valence-corrected chi connectivity index (χ0v) is 13.7. The van der Waals surface area contributed by atoms with Crippen LogP contribution in [0.15, 0.2) is 30.3 Å². The van der Waals surface area contributed by atoms with Gasteiger partial charge in [0.2, 0.25) is 0 Å². The molecule has 0 bridgehead atoms. The van der Waals surface area contributed by atoms with Crippen LogP contribution in [0.5, 0.6) is 0 Å². The maximum absolute atomic E-state index is 6.00. The van der Waals surface area contributed by atoms with Gasteiger partial charge in [0, 0.05) is 27.2 Å². The molecule has 1 N–H and O–H groups in total. The Balaban J connectivity index is 1.72. The van der Waals surface area contributed by atoms with Crippen LogP contribution in [-0.4, -0.2) is 11.0 Å². The SMILES string of the molecule is Cc1ccc(CC(C)Nc2nc3ccc(Cl)cc3s2)s1. The molecule has 0 amide bonds. The van der Waals surface area contributed by atoms with Gasteiger partial charge in [0.1, 0.15) is 0 Å². The Morgan fingerprint density at radius 1 is 1.25 bits per heavy atom. The van der Waals surface area contributed by atoms with E-state index in [0.29, 0.717) is 6.04 Å². The van der Waals surface area contributed by atoms with Crippen LogP contribution in [0.2, 0.25) is 5.02 Å². The van der Waals surface area contributed by atoms with Crippen molar-refractivity contribution in [2.24, 2.45) is 0 Å². The van der Waals surface area contributed by atoms with Crippen LogP contribution in [0.25, 0.3) is 10.2 Å². The number of aromatic nitrogens is 1. The summed E-state index contributed by atoms with van der Waals surface area (Å²) in [6, 6.07) is 10.6. The maximum Gasteiger partial charge on any atom is 0.184 e. The quantitative estimate of drug-likeness (QED) is 0.699. The predicted octanol–water partition coefficient (Wildman–Crippen LogP) is 5.36. The number of rotatable bonds is 4. The van der Waals surface area contributed by atoms with E-state index >= 15 is 0 Å². The molecule has 5 heteroatoms. The molecular formula is C15H15ClN2S2. The van der Waals surface area contributed by atoms with E-state index in [9.17, 15) is 0 Å². The second-order valence-electron chi connectivity index (χ2n) is 4.89. The Labute approximate surface area is 131 Å². The van der Waals surface area contributed by atoms with E-state index in [-0.39, 0.29) is 0 Å². The lowest BCUT2D eigenvalue weighted by atomic mass is 10.2. The Kier molecular flexibility index (Phi) is 3.96. The van der Waals surface area contributed by atoms with E-state index in [1.165, 1.54) is 9.75 Å². The van der Waals surface area contributed by atoms with Crippen LogP contribution < -0.4 is 5.32 Å². The molecule has 0 saturated carbocycles. The Morgan fingerprint density at radius 3 is 2.85 bits per heavy atom. The zero-order chi connectivity index (χ0) is 14.1. The molecule has 2 aromatic heterocycles. The summed E-state index contributed by atoms with van der Waals surface area (Å²) in [5.41, 5.74) is 1.00. The normalized spacial score (nSPS) is 12.8. The number of nitrogens with zero attached hydrogens (tertiary/aromatic N) is 1. The summed E-state index contributed by atoms with van der Waals surface area (Å²) in [6.45, 7) is 4.33. The van der Waals surface area contributed by atoms with E-state index < -0.39 is 0 Å². The Bertz CT molecular complexity index is 732. The molecule has 20 heavy (non-hydrogen) atoms. The smallest absolute Gasteiger partial charge is 0.184 e. The minimum absolute atomic E-state index is 0.365. The van der Waals surface area contributed by atoms with Crippen molar-refractivity contribution in [3.05, 3.63) is 45.1 Å². The molecule has 1 atom stereocenters. The van der Waals surface area contributed by atoms with E-state index in [0.717, 1.165) is 26.8 Å².